The van der Waals surface area contributed by atoms with Gasteiger partial charge in [0.05, 0.1) is 16.2 Å². The van der Waals surface area contributed by atoms with Crippen molar-refractivity contribution in [3.8, 4) is 11.5 Å². The number of ether oxygens (including phenoxy) is 2. The van der Waals surface area contributed by atoms with E-state index in [0.29, 0.717) is 52.8 Å². The van der Waals surface area contributed by atoms with E-state index >= 15 is 0 Å². The largest absolute Gasteiger partial charge is 0.486 e. The number of amides is 1. The number of benzene rings is 3. The molecule has 2 aliphatic heterocycles. The van der Waals surface area contributed by atoms with Crippen molar-refractivity contribution in [2.45, 2.75) is 13.1 Å². The third kappa shape index (κ3) is 3.22. The highest BCUT2D eigenvalue weighted by Crippen LogP contribution is 2.41. The number of nitro benzene ring substituents is 1. The number of nitrogens with zero attached hydrogens (tertiary/aromatic N) is 2. The fourth-order valence-corrected chi connectivity index (χ4v) is 3.93. The molecule has 0 aromatic heterocycles. The molecular formula is C23H19N3O5. The minimum atomic E-state index is -0.635. The van der Waals surface area contributed by atoms with Crippen LogP contribution in [-0.4, -0.2) is 24.0 Å². The highest BCUT2D eigenvalue weighted by atomic mass is 16.6. The van der Waals surface area contributed by atoms with Crippen LogP contribution in [0, 0.1) is 17.0 Å². The first-order chi connectivity index (χ1) is 15.0. The van der Waals surface area contributed by atoms with E-state index in [0.717, 1.165) is 0 Å². The van der Waals surface area contributed by atoms with Crippen LogP contribution < -0.4 is 19.7 Å². The average molecular weight is 417 g/mol. The van der Waals surface area contributed by atoms with Gasteiger partial charge in [0.1, 0.15) is 19.4 Å². The third-order valence-corrected chi connectivity index (χ3v) is 5.48. The van der Waals surface area contributed by atoms with Crippen molar-refractivity contribution in [2.24, 2.45) is 0 Å². The van der Waals surface area contributed by atoms with Gasteiger partial charge in [0, 0.05) is 28.9 Å². The number of fused-ring (bicyclic) bond motifs is 2. The molecule has 3 aromatic rings. The summed E-state index contributed by atoms with van der Waals surface area (Å²) >= 11 is 0. The molecule has 1 amide bonds. The van der Waals surface area contributed by atoms with E-state index in [1.165, 1.54) is 6.07 Å². The predicted octanol–water partition coefficient (Wildman–Crippen LogP) is 4.45. The van der Waals surface area contributed by atoms with Crippen LogP contribution in [0.2, 0.25) is 0 Å². The van der Waals surface area contributed by atoms with Gasteiger partial charge in [-0.3, -0.25) is 19.8 Å². The van der Waals surface area contributed by atoms with Crippen LogP contribution in [0.15, 0.2) is 60.7 Å². The Morgan fingerprint density at radius 2 is 1.81 bits per heavy atom. The summed E-state index contributed by atoms with van der Waals surface area (Å²) in [6.45, 7) is 2.59. The molecule has 2 heterocycles. The van der Waals surface area contributed by atoms with Crippen LogP contribution >= 0.6 is 0 Å². The number of nitro groups is 1. The summed E-state index contributed by atoms with van der Waals surface area (Å²) in [6, 6.07) is 17.5. The molecule has 31 heavy (non-hydrogen) atoms. The summed E-state index contributed by atoms with van der Waals surface area (Å²) in [5.74, 6) is 0.971. The Hall–Kier alpha value is -4.07. The van der Waals surface area contributed by atoms with Gasteiger partial charge in [0.2, 0.25) is 0 Å². The Balaban J connectivity index is 1.65. The van der Waals surface area contributed by atoms with Crippen LogP contribution in [0.4, 0.5) is 17.1 Å². The fourth-order valence-electron chi connectivity index (χ4n) is 3.93. The monoisotopic (exact) mass is 417 g/mol. The molecule has 0 fully saturated rings. The molecule has 5 rings (SSSR count). The number of para-hydroxylation sites is 1. The predicted molar refractivity (Wildman–Crippen MR) is 115 cm³/mol. The third-order valence-electron chi connectivity index (χ3n) is 5.48. The zero-order valence-electron chi connectivity index (χ0n) is 16.7. The molecule has 156 valence electrons. The van der Waals surface area contributed by atoms with E-state index in [1.54, 1.807) is 54.3 Å². The van der Waals surface area contributed by atoms with Crippen LogP contribution in [0.3, 0.4) is 0 Å². The summed E-state index contributed by atoms with van der Waals surface area (Å²) < 4.78 is 11.3. The van der Waals surface area contributed by atoms with Gasteiger partial charge in [-0.2, -0.15) is 0 Å². The van der Waals surface area contributed by atoms with Crippen molar-refractivity contribution in [1.29, 1.82) is 0 Å². The van der Waals surface area contributed by atoms with E-state index in [1.807, 2.05) is 12.1 Å². The lowest BCUT2D eigenvalue weighted by atomic mass is 10.0. The Kier molecular flexibility index (Phi) is 4.47. The lowest BCUT2D eigenvalue weighted by molar-refractivity contribution is -0.385. The molecule has 0 saturated heterocycles. The number of hydrogen-bond acceptors (Lipinski definition) is 6. The molecule has 0 radical (unpaired) electrons. The van der Waals surface area contributed by atoms with Crippen molar-refractivity contribution in [1.82, 2.24) is 0 Å². The van der Waals surface area contributed by atoms with E-state index in [2.05, 4.69) is 5.32 Å². The van der Waals surface area contributed by atoms with E-state index in [9.17, 15) is 14.9 Å². The second-order valence-electron chi connectivity index (χ2n) is 7.40. The molecule has 2 aliphatic rings. The molecule has 8 nitrogen and oxygen atoms in total. The standard InChI is InChI=1S/C23H19N3O5/c1-14-6-7-15(12-19(14)26(28)29)22-24-18-5-3-2-4-17(18)23(27)25(22)16-8-9-20-21(13-16)31-11-10-30-20/h2-9,12-13,22,24H,10-11H2,1H3. The summed E-state index contributed by atoms with van der Waals surface area (Å²) in [7, 11) is 0. The van der Waals surface area contributed by atoms with Crippen molar-refractivity contribution >= 4 is 23.0 Å². The number of carbonyl (C=O) groups is 1. The molecular weight excluding hydrogens is 398 g/mol. The smallest absolute Gasteiger partial charge is 0.272 e. The molecule has 1 N–H and O–H groups in total. The second-order valence-corrected chi connectivity index (χ2v) is 7.40. The Morgan fingerprint density at radius 3 is 2.61 bits per heavy atom. The first-order valence-electron chi connectivity index (χ1n) is 9.86. The maximum Gasteiger partial charge on any atom is 0.272 e. The van der Waals surface area contributed by atoms with Gasteiger partial charge in [-0.25, -0.2) is 0 Å². The van der Waals surface area contributed by atoms with Gasteiger partial charge in [0.25, 0.3) is 11.6 Å². The number of rotatable bonds is 3. The first-order valence-corrected chi connectivity index (χ1v) is 9.86. The molecule has 1 atom stereocenters. The van der Waals surface area contributed by atoms with Gasteiger partial charge in [-0.1, -0.05) is 24.3 Å². The topological polar surface area (TPSA) is 93.9 Å². The Labute approximate surface area is 178 Å². The highest BCUT2D eigenvalue weighted by Gasteiger charge is 2.35. The van der Waals surface area contributed by atoms with Crippen LogP contribution in [0.25, 0.3) is 0 Å². The highest BCUT2D eigenvalue weighted by molar-refractivity contribution is 6.12. The van der Waals surface area contributed by atoms with Gasteiger partial charge in [-0.05, 0) is 31.2 Å². The van der Waals surface area contributed by atoms with E-state index in [4.69, 9.17) is 9.47 Å². The Morgan fingerprint density at radius 1 is 1.03 bits per heavy atom. The van der Waals surface area contributed by atoms with Crippen LogP contribution in [-0.2, 0) is 0 Å². The van der Waals surface area contributed by atoms with Gasteiger partial charge in [-0.15, -0.1) is 0 Å². The van der Waals surface area contributed by atoms with Gasteiger partial charge < -0.3 is 14.8 Å². The maximum absolute atomic E-state index is 13.5. The lowest BCUT2D eigenvalue weighted by Crippen LogP contribution is -2.43. The molecule has 3 aromatic carbocycles. The average Bonchev–Trinajstić information content (AvgIpc) is 2.79. The zero-order valence-corrected chi connectivity index (χ0v) is 16.7. The first kappa shape index (κ1) is 18.9. The molecule has 0 saturated carbocycles. The summed E-state index contributed by atoms with van der Waals surface area (Å²) in [5, 5.41) is 14.9. The number of aryl methyl sites for hydroxylation is 1. The minimum Gasteiger partial charge on any atom is -0.486 e. The molecule has 0 aliphatic carbocycles. The quantitative estimate of drug-likeness (QED) is 0.500. The molecule has 8 heteroatoms. The van der Waals surface area contributed by atoms with Crippen LogP contribution in [0.1, 0.15) is 27.7 Å². The normalized spacial score (nSPS) is 17.0. The number of hydrogen-bond donors (Lipinski definition) is 1. The van der Waals surface area contributed by atoms with Crippen molar-refractivity contribution in [3.05, 3.63) is 87.5 Å². The fraction of sp³-hybridized carbons (Fsp3) is 0.174. The Bertz CT molecular complexity index is 1210. The number of anilines is 2. The van der Waals surface area contributed by atoms with Gasteiger partial charge in [0.15, 0.2) is 11.5 Å². The van der Waals surface area contributed by atoms with Crippen molar-refractivity contribution in [2.75, 3.05) is 23.4 Å². The number of carbonyl (C=O) groups excluding carboxylic acids is 1. The lowest BCUT2D eigenvalue weighted by Gasteiger charge is -2.38. The molecule has 0 spiro atoms. The minimum absolute atomic E-state index is 0.00716. The summed E-state index contributed by atoms with van der Waals surface area (Å²) in [5.41, 5.74) is 2.97. The van der Waals surface area contributed by atoms with E-state index < -0.39 is 11.1 Å². The summed E-state index contributed by atoms with van der Waals surface area (Å²) in [6.07, 6.45) is -0.635. The number of nitrogens with one attached hydrogen (secondary N) is 1. The second kappa shape index (κ2) is 7.32. The maximum atomic E-state index is 13.5. The molecule has 0 bridgehead atoms. The van der Waals surface area contributed by atoms with Crippen molar-refractivity contribution in [3.63, 3.8) is 0 Å². The summed E-state index contributed by atoms with van der Waals surface area (Å²) in [4.78, 5) is 26.2. The van der Waals surface area contributed by atoms with Crippen LogP contribution in [0.5, 0.6) is 11.5 Å². The molecule has 1 unspecified atom stereocenters. The SMILES string of the molecule is Cc1ccc(C2Nc3ccccc3C(=O)N2c2ccc3c(c2)OCCO3)cc1[N+](=O)[O-]. The van der Waals surface area contributed by atoms with Crippen molar-refractivity contribution < 1.29 is 19.2 Å². The van der Waals surface area contributed by atoms with Gasteiger partial charge >= 0.3 is 0 Å². The zero-order chi connectivity index (χ0) is 21.5. The van der Waals surface area contributed by atoms with E-state index in [-0.39, 0.29) is 11.6 Å².